The lowest BCUT2D eigenvalue weighted by Gasteiger charge is -2.31. The van der Waals surface area contributed by atoms with Crippen LogP contribution in [0.3, 0.4) is 0 Å². The molecule has 2 heterocycles. The molecule has 2 rings (SSSR count). The van der Waals surface area contributed by atoms with Crippen molar-refractivity contribution in [1.29, 1.82) is 0 Å². The van der Waals surface area contributed by atoms with Crippen LogP contribution in [0.2, 0.25) is 0 Å². The molecule has 1 aliphatic rings. The molecule has 0 radical (unpaired) electrons. The van der Waals surface area contributed by atoms with Crippen molar-refractivity contribution in [2.45, 2.75) is 26.2 Å². The molecule has 0 aromatic carbocycles. The number of furan rings is 1. The quantitative estimate of drug-likeness (QED) is 0.855. The number of carbonyl (C=O) groups is 2. The minimum atomic E-state index is -0.00932. The number of rotatable bonds is 6. The van der Waals surface area contributed by atoms with Gasteiger partial charge in [-0.1, -0.05) is 0 Å². The summed E-state index contributed by atoms with van der Waals surface area (Å²) in [6.45, 7) is 3.84. The summed E-state index contributed by atoms with van der Waals surface area (Å²) in [5.41, 5.74) is 0. The highest BCUT2D eigenvalue weighted by Gasteiger charge is 2.26. The lowest BCUT2D eigenvalue weighted by atomic mass is 9.96. The van der Waals surface area contributed by atoms with Gasteiger partial charge in [0.05, 0.1) is 0 Å². The van der Waals surface area contributed by atoms with Crippen LogP contribution in [0.25, 0.3) is 0 Å². The van der Waals surface area contributed by atoms with Gasteiger partial charge in [-0.25, -0.2) is 0 Å². The number of methoxy groups -OCH3 is 1. The first kappa shape index (κ1) is 16.5. The number of likely N-dealkylation sites (tertiary alicyclic amines) is 1. The summed E-state index contributed by atoms with van der Waals surface area (Å²) in [4.78, 5) is 25.6. The first-order chi connectivity index (χ1) is 10.6. The number of ether oxygens (including phenoxy) is 1. The number of carbonyl (C=O) groups excluding carboxylic acids is 2. The Morgan fingerprint density at radius 2 is 2.09 bits per heavy atom. The van der Waals surface area contributed by atoms with Gasteiger partial charge >= 0.3 is 0 Å². The third-order valence-electron chi connectivity index (χ3n) is 3.95. The summed E-state index contributed by atoms with van der Waals surface area (Å²) in [5, 5.41) is 2.95. The zero-order chi connectivity index (χ0) is 15.9. The summed E-state index contributed by atoms with van der Waals surface area (Å²) in [6.07, 6.45) is 2.12. The van der Waals surface area contributed by atoms with E-state index in [1.165, 1.54) is 7.11 Å². The van der Waals surface area contributed by atoms with Gasteiger partial charge in [0, 0.05) is 39.1 Å². The largest absolute Gasteiger partial charge is 0.466 e. The van der Waals surface area contributed by atoms with Crippen LogP contribution in [-0.2, 0) is 20.7 Å². The van der Waals surface area contributed by atoms with E-state index in [2.05, 4.69) is 5.32 Å². The third-order valence-corrected chi connectivity index (χ3v) is 3.95. The maximum atomic E-state index is 12.1. The molecule has 1 saturated heterocycles. The third kappa shape index (κ3) is 4.59. The van der Waals surface area contributed by atoms with Crippen LogP contribution in [0.4, 0.5) is 0 Å². The molecule has 6 nitrogen and oxygen atoms in total. The Balaban J connectivity index is 1.67. The second kappa shape index (κ2) is 7.98. The Hall–Kier alpha value is -1.82. The molecule has 1 fully saturated rings. The average molecular weight is 308 g/mol. The van der Waals surface area contributed by atoms with Gasteiger partial charge < -0.3 is 19.4 Å². The molecule has 0 saturated carbocycles. The van der Waals surface area contributed by atoms with Gasteiger partial charge in [0.1, 0.15) is 18.1 Å². The van der Waals surface area contributed by atoms with E-state index in [1.807, 2.05) is 19.1 Å². The van der Waals surface area contributed by atoms with E-state index >= 15 is 0 Å². The predicted octanol–water partition coefficient (Wildman–Crippen LogP) is 1.13. The minimum absolute atomic E-state index is 0.00505. The summed E-state index contributed by atoms with van der Waals surface area (Å²) < 4.78 is 10.3. The lowest BCUT2D eigenvalue weighted by molar-refractivity contribution is -0.138. The van der Waals surface area contributed by atoms with E-state index in [0.717, 1.165) is 11.5 Å². The maximum Gasteiger partial charge on any atom is 0.248 e. The van der Waals surface area contributed by atoms with Crippen molar-refractivity contribution in [2.75, 3.05) is 33.4 Å². The fourth-order valence-electron chi connectivity index (χ4n) is 2.68. The number of aryl methyl sites for hydroxylation is 1. The second-order valence-corrected chi connectivity index (χ2v) is 5.64. The standard InChI is InChI=1S/C16H24N2O4/c1-12-3-4-14(22-12)5-8-17-16(20)13-6-9-18(10-7-13)15(19)11-21-2/h3-4,13H,5-11H2,1-2H3,(H,17,20). The van der Waals surface area contributed by atoms with Crippen molar-refractivity contribution in [2.24, 2.45) is 5.92 Å². The topological polar surface area (TPSA) is 71.8 Å². The highest BCUT2D eigenvalue weighted by Crippen LogP contribution is 2.17. The molecule has 122 valence electrons. The van der Waals surface area contributed by atoms with Crippen molar-refractivity contribution >= 4 is 11.8 Å². The van der Waals surface area contributed by atoms with E-state index < -0.39 is 0 Å². The molecule has 1 aromatic rings. The highest BCUT2D eigenvalue weighted by molar-refractivity contribution is 5.80. The zero-order valence-corrected chi connectivity index (χ0v) is 13.3. The van der Waals surface area contributed by atoms with Crippen LogP contribution in [0, 0.1) is 12.8 Å². The van der Waals surface area contributed by atoms with E-state index in [1.54, 1.807) is 4.90 Å². The van der Waals surface area contributed by atoms with Gasteiger partial charge in [-0.05, 0) is 31.9 Å². The molecule has 0 bridgehead atoms. The predicted molar refractivity (Wildman–Crippen MR) is 81.3 cm³/mol. The lowest BCUT2D eigenvalue weighted by Crippen LogP contribution is -2.44. The maximum absolute atomic E-state index is 12.1. The van der Waals surface area contributed by atoms with Gasteiger partial charge in [-0.2, -0.15) is 0 Å². The number of hydrogen-bond acceptors (Lipinski definition) is 4. The van der Waals surface area contributed by atoms with E-state index in [4.69, 9.17) is 9.15 Å². The molecule has 1 aliphatic heterocycles. The van der Waals surface area contributed by atoms with Crippen molar-refractivity contribution in [1.82, 2.24) is 10.2 Å². The molecular weight excluding hydrogens is 284 g/mol. The van der Waals surface area contributed by atoms with Crippen LogP contribution < -0.4 is 5.32 Å². The first-order valence-electron chi connectivity index (χ1n) is 7.70. The minimum Gasteiger partial charge on any atom is -0.466 e. The average Bonchev–Trinajstić information content (AvgIpc) is 2.93. The van der Waals surface area contributed by atoms with Crippen molar-refractivity contribution in [3.63, 3.8) is 0 Å². The van der Waals surface area contributed by atoms with Gasteiger partial charge in [0.2, 0.25) is 11.8 Å². The Morgan fingerprint density at radius 3 is 2.68 bits per heavy atom. The molecule has 2 amide bonds. The fourth-order valence-corrected chi connectivity index (χ4v) is 2.68. The number of piperidine rings is 1. The Kier molecular flexibility index (Phi) is 6.00. The van der Waals surface area contributed by atoms with Crippen LogP contribution in [-0.4, -0.2) is 50.1 Å². The summed E-state index contributed by atoms with van der Waals surface area (Å²) in [7, 11) is 1.51. The smallest absolute Gasteiger partial charge is 0.248 e. The van der Waals surface area contributed by atoms with Crippen molar-refractivity contribution in [3.05, 3.63) is 23.7 Å². The highest BCUT2D eigenvalue weighted by atomic mass is 16.5. The summed E-state index contributed by atoms with van der Waals surface area (Å²) in [5.74, 6) is 1.83. The molecule has 0 spiro atoms. The fraction of sp³-hybridized carbons (Fsp3) is 0.625. The molecule has 0 atom stereocenters. The first-order valence-corrected chi connectivity index (χ1v) is 7.70. The Labute approximate surface area is 130 Å². The van der Waals surface area contributed by atoms with Crippen LogP contribution in [0.1, 0.15) is 24.4 Å². The Morgan fingerprint density at radius 1 is 1.36 bits per heavy atom. The van der Waals surface area contributed by atoms with Crippen molar-refractivity contribution < 1.29 is 18.7 Å². The van der Waals surface area contributed by atoms with Gasteiger partial charge in [0.15, 0.2) is 0 Å². The molecule has 1 aromatic heterocycles. The SMILES string of the molecule is COCC(=O)N1CCC(C(=O)NCCc2ccc(C)o2)CC1. The number of hydrogen-bond donors (Lipinski definition) is 1. The van der Waals surface area contributed by atoms with E-state index in [-0.39, 0.29) is 24.3 Å². The van der Waals surface area contributed by atoms with Crippen molar-refractivity contribution in [3.8, 4) is 0 Å². The second-order valence-electron chi connectivity index (χ2n) is 5.64. The van der Waals surface area contributed by atoms with Gasteiger partial charge in [-0.15, -0.1) is 0 Å². The van der Waals surface area contributed by atoms with Gasteiger partial charge in [-0.3, -0.25) is 9.59 Å². The molecule has 6 heteroatoms. The van der Waals surface area contributed by atoms with Crippen LogP contribution in [0.5, 0.6) is 0 Å². The number of amides is 2. The van der Waals surface area contributed by atoms with Gasteiger partial charge in [0.25, 0.3) is 0 Å². The van der Waals surface area contributed by atoms with Crippen LogP contribution in [0.15, 0.2) is 16.5 Å². The Bertz CT molecular complexity index is 504. The number of nitrogens with one attached hydrogen (secondary N) is 1. The molecule has 22 heavy (non-hydrogen) atoms. The molecule has 0 unspecified atom stereocenters. The van der Waals surface area contributed by atoms with E-state index in [0.29, 0.717) is 38.9 Å². The summed E-state index contributed by atoms with van der Waals surface area (Å²) in [6, 6.07) is 3.85. The molecule has 0 aliphatic carbocycles. The number of nitrogens with zero attached hydrogens (tertiary/aromatic N) is 1. The van der Waals surface area contributed by atoms with Crippen LogP contribution >= 0.6 is 0 Å². The summed E-state index contributed by atoms with van der Waals surface area (Å²) >= 11 is 0. The molecule has 1 N–H and O–H groups in total. The monoisotopic (exact) mass is 308 g/mol. The normalized spacial score (nSPS) is 15.8. The molecular formula is C16H24N2O4. The zero-order valence-electron chi connectivity index (χ0n) is 13.3. The van der Waals surface area contributed by atoms with E-state index in [9.17, 15) is 9.59 Å².